The van der Waals surface area contributed by atoms with Crippen molar-refractivity contribution in [3.05, 3.63) is 72.3 Å². The van der Waals surface area contributed by atoms with Gasteiger partial charge in [-0.05, 0) is 42.5 Å². The number of ether oxygens (including phenoxy) is 1. The van der Waals surface area contributed by atoms with Crippen molar-refractivity contribution >= 4 is 23.2 Å². The summed E-state index contributed by atoms with van der Waals surface area (Å²) in [7, 11) is 1.60. The van der Waals surface area contributed by atoms with Gasteiger partial charge in [-0.3, -0.25) is 4.79 Å². The summed E-state index contributed by atoms with van der Waals surface area (Å²) in [6.45, 7) is 2.72. The van der Waals surface area contributed by atoms with Crippen molar-refractivity contribution in [3.63, 3.8) is 0 Å². The zero-order chi connectivity index (χ0) is 20.1. The second-order valence-electron chi connectivity index (χ2n) is 6.78. The molecule has 1 aromatic heterocycles. The van der Waals surface area contributed by atoms with E-state index in [9.17, 15) is 4.79 Å². The van der Waals surface area contributed by atoms with E-state index in [-0.39, 0.29) is 5.91 Å². The Morgan fingerprint density at radius 1 is 0.931 bits per heavy atom. The summed E-state index contributed by atoms with van der Waals surface area (Å²) in [5, 5.41) is 11.8. The molecule has 1 N–H and O–H groups in total. The molecule has 1 aliphatic rings. The van der Waals surface area contributed by atoms with Gasteiger partial charge in [-0.25, -0.2) is 0 Å². The van der Waals surface area contributed by atoms with Gasteiger partial charge in [0, 0.05) is 37.4 Å². The molecule has 2 aromatic carbocycles. The molecule has 1 aliphatic heterocycles. The summed E-state index contributed by atoms with van der Waals surface area (Å²) in [6.07, 6.45) is 0. The number of methoxy groups -OCH3 is 1. The predicted octanol–water partition coefficient (Wildman–Crippen LogP) is 3.19. The fourth-order valence-electron chi connectivity index (χ4n) is 3.31. The lowest BCUT2D eigenvalue weighted by Crippen LogP contribution is -2.49. The maximum absolute atomic E-state index is 12.7. The van der Waals surface area contributed by atoms with E-state index in [1.807, 2.05) is 65.6 Å². The van der Waals surface area contributed by atoms with Crippen LogP contribution in [0.15, 0.2) is 66.7 Å². The van der Waals surface area contributed by atoms with Crippen molar-refractivity contribution in [3.8, 4) is 5.75 Å². The standard InChI is InChI=1S/C22H23N5O2/c1-29-19-9-5-6-17(16-19)22(28)27-14-12-26(13-15-27)21-11-10-20(24-25-21)23-18-7-3-2-4-8-18/h2-11,16H,12-15H2,1H3,(H,23,24). The Morgan fingerprint density at radius 2 is 1.72 bits per heavy atom. The largest absolute Gasteiger partial charge is 0.497 e. The topological polar surface area (TPSA) is 70.6 Å². The van der Waals surface area contributed by atoms with Crippen molar-refractivity contribution in [1.29, 1.82) is 0 Å². The van der Waals surface area contributed by atoms with Gasteiger partial charge in [0.15, 0.2) is 11.6 Å². The molecule has 1 saturated heterocycles. The fraction of sp³-hybridized carbons (Fsp3) is 0.227. The van der Waals surface area contributed by atoms with Gasteiger partial charge in [-0.2, -0.15) is 0 Å². The summed E-state index contributed by atoms with van der Waals surface area (Å²) in [5.41, 5.74) is 1.62. The highest BCUT2D eigenvalue weighted by Crippen LogP contribution is 2.19. The maximum atomic E-state index is 12.7. The number of amides is 1. The molecule has 0 bridgehead atoms. The smallest absolute Gasteiger partial charge is 0.254 e. The first-order valence-corrected chi connectivity index (χ1v) is 9.57. The summed E-state index contributed by atoms with van der Waals surface area (Å²) in [4.78, 5) is 16.8. The number of nitrogens with one attached hydrogen (secondary N) is 1. The van der Waals surface area contributed by atoms with Crippen LogP contribution in [0.4, 0.5) is 17.3 Å². The third-order valence-corrected chi connectivity index (χ3v) is 4.90. The Hall–Kier alpha value is -3.61. The molecule has 0 aliphatic carbocycles. The van der Waals surface area contributed by atoms with Crippen LogP contribution < -0.4 is 15.0 Å². The second kappa shape index (κ2) is 8.60. The Morgan fingerprint density at radius 3 is 2.41 bits per heavy atom. The summed E-state index contributed by atoms with van der Waals surface area (Å²) in [6, 6.07) is 21.0. The van der Waals surface area contributed by atoms with Crippen LogP contribution in [-0.4, -0.2) is 54.3 Å². The Kier molecular flexibility index (Phi) is 5.56. The van der Waals surface area contributed by atoms with Crippen LogP contribution in [0.2, 0.25) is 0 Å². The number of para-hydroxylation sites is 1. The van der Waals surface area contributed by atoms with E-state index >= 15 is 0 Å². The zero-order valence-electron chi connectivity index (χ0n) is 16.3. The van der Waals surface area contributed by atoms with E-state index in [0.717, 1.165) is 24.6 Å². The van der Waals surface area contributed by atoms with Crippen molar-refractivity contribution in [2.45, 2.75) is 0 Å². The predicted molar refractivity (Wildman–Crippen MR) is 113 cm³/mol. The van der Waals surface area contributed by atoms with Crippen LogP contribution in [0.1, 0.15) is 10.4 Å². The maximum Gasteiger partial charge on any atom is 0.254 e. The number of carbonyl (C=O) groups is 1. The molecule has 1 amide bonds. The van der Waals surface area contributed by atoms with Crippen molar-refractivity contribution in [1.82, 2.24) is 15.1 Å². The minimum Gasteiger partial charge on any atom is -0.497 e. The van der Waals surface area contributed by atoms with Crippen LogP contribution in [-0.2, 0) is 0 Å². The minimum atomic E-state index is 0.0250. The molecule has 29 heavy (non-hydrogen) atoms. The van der Waals surface area contributed by atoms with E-state index < -0.39 is 0 Å². The van der Waals surface area contributed by atoms with E-state index in [2.05, 4.69) is 20.4 Å². The number of aromatic nitrogens is 2. The molecule has 2 heterocycles. The molecule has 0 atom stereocenters. The van der Waals surface area contributed by atoms with Gasteiger partial charge in [0.1, 0.15) is 5.75 Å². The number of anilines is 3. The molecular weight excluding hydrogens is 366 g/mol. The number of piperazine rings is 1. The number of hydrogen-bond donors (Lipinski definition) is 1. The molecule has 7 heteroatoms. The third-order valence-electron chi connectivity index (χ3n) is 4.90. The quantitative estimate of drug-likeness (QED) is 0.723. The van der Waals surface area contributed by atoms with Crippen LogP contribution in [0.25, 0.3) is 0 Å². The van der Waals surface area contributed by atoms with E-state index in [0.29, 0.717) is 30.2 Å². The lowest BCUT2D eigenvalue weighted by Gasteiger charge is -2.35. The lowest BCUT2D eigenvalue weighted by atomic mass is 10.1. The van der Waals surface area contributed by atoms with E-state index in [1.165, 1.54) is 0 Å². The average Bonchev–Trinajstić information content (AvgIpc) is 2.80. The Labute approximate surface area is 169 Å². The molecule has 0 unspecified atom stereocenters. The van der Waals surface area contributed by atoms with E-state index in [1.54, 1.807) is 13.2 Å². The lowest BCUT2D eigenvalue weighted by molar-refractivity contribution is 0.0746. The van der Waals surface area contributed by atoms with Gasteiger partial charge in [0.05, 0.1) is 7.11 Å². The van der Waals surface area contributed by atoms with Gasteiger partial charge in [-0.1, -0.05) is 24.3 Å². The highest BCUT2D eigenvalue weighted by Gasteiger charge is 2.23. The summed E-state index contributed by atoms with van der Waals surface area (Å²) in [5.74, 6) is 2.23. The van der Waals surface area contributed by atoms with Crippen molar-refractivity contribution in [2.24, 2.45) is 0 Å². The average molecular weight is 389 g/mol. The molecule has 0 spiro atoms. The van der Waals surface area contributed by atoms with Gasteiger partial charge in [0.2, 0.25) is 0 Å². The van der Waals surface area contributed by atoms with Gasteiger partial charge < -0.3 is 19.9 Å². The van der Waals surface area contributed by atoms with Crippen LogP contribution >= 0.6 is 0 Å². The highest BCUT2D eigenvalue weighted by molar-refractivity contribution is 5.94. The van der Waals surface area contributed by atoms with Crippen molar-refractivity contribution in [2.75, 3.05) is 43.5 Å². The zero-order valence-corrected chi connectivity index (χ0v) is 16.3. The molecule has 0 radical (unpaired) electrons. The van der Waals surface area contributed by atoms with E-state index in [4.69, 9.17) is 4.74 Å². The van der Waals surface area contributed by atoms with Gasteiger partial charge in [-0.15, -0.1) is 10.2 Å². The SMILES string of the molecule is COc1cccc(C(=O)N2CCN(c3ccc(Nc4ccccc4)nn3)CC2)c1. The molecular formula is C22H23N5O2. The molecule has 0 saturated carbocycles. The first-order valence-electron chi connectivity index (χ1n) is 9.57. The van der Waals surface area contributed by atoms with Crippen LogP contribution in [0.5, 0.6) is 5.75 Å². The van der Waals surface area contributed by atoms with Gasteiger partial charge in [0.25, 0.3) is 5.91 Å². The number of rotatable bonds is 5. The first kappa shape index (κ1) is 18.7. The number of benzene rings is 2. The molecule has 1 fully saturated rings. The number of hydrogen-bond acceptors (Lipinski definition) is 6. The van der Waals surface area contributed by atoms with Crippen molar-refractivity contribution < 1.29 is 9.53 Å². The fourth-order valence-corrected chi connectivity index (χ4v) is 3.31. The van der Waals surface area contributed by atoms with Crippen LogP contribution in [0.3, 0.4) is 0 Å². The highest BCUT2D eigenvalue weighted by atomic mass is 16.5. The molecule has 4 rings (SSSR count). The summed E-state index contributed by atoms with van der Waals surface area (Å²) < 4.78 is 5.22. The second-order valence-corrected chi connectivity index (χ2v) is 6.78. The number of nitrogens with zero attached hydrogens (tertiary/aromatic N) is 4. The molecule has 7 nitrogen and oxygen atoms in total. The Balaban J connectivity index is 1.35. The van der Waals surface area contributed by atoms with Crippen LogP contribution in [0, 0.1) is 0 Å². The molecule has 148 valence electrons. The van der Waals surface area contributed by atoms with Gasteiger partial charge >= 0.3 is 0 Å². The third kappa shape index (κ3) is 4.45. The monoisotopic (exact) mass is 389 g/mol. The molecule has 3 aromatic rings. The first-order chi connectivity index (χ1) is 14.2. The summed E-state index contributed by atoms with van der Waals surface area (Å²) >= 11 is 0. The minimum absolute atomic E-state index is 0.0250. The normalized spacial score (nSPS) is 13.8. The Bertz CT molecular complexity index is 954. The number of carbonyl (C=O) groups excluding carboxylic acids is 1.